The minimum atomic E-state index is -0.682. The van der Waals surface area contributed by atoms with Crippen molar-refractivity contribution in [3.05, 3.63) is 48.5 Å². The second kappa shape index (κ2) is 11.7. The van der Waals surface area contributed by atoms with Crippen LogP contribution in [0, 0.1) is 0 Å². The van der Waals surface area contributed by atoms with Gasteiger partial charge in [0.05, 0.1) is 14.2 Å². The van der Waals surface area contributed by atoms with Crippen LogP contribution >= 0.6 is 0 Å². The Morgan fingerprint density at radius 2 is 1.75 bits per heavy atom. The molecule has 0 saturated carbocycles. The minimum absolute atomic E-state index is 0.182. The van der Waals surface area contributed by atoms with Crippen molar-refractivity contribution < 1.29 is 19.1 Å². The molecule has 2 aromatic carbocycles. The number of nitrogens with one attached hydrogen (secondary N) is 1. The van der Waals surface area contributed by atoms with E-state index in [1.807, 2.05) is 58.0 Å². The second-order valence-corrected chi connectivity index (χ2v) is 9.36. The molecule has 0 fully saturated rings. The van der Waals surface area contributed by atoms with Crippen LogP contribution in [0.5, 0.6) is 11.5 Å². The maximum absolute atomic E-state index is 13.6. The van der Waals surface area contributed by atoms with Crippen molar-refractivity contribution in [1.82, 2.24) is 25.5 Å². The summed E-state index contributed by atoms with van der Waals surface area (Å²) in [7, 11) is 3.11. The van der Waals surface area contributed by atoms with Crippen LogP contribution in [0.2, 0.25) is 0 Å². The quantitative estimate of drug-likeness (QED) is 0.459. The van der Waals surface area contributed by atoms with E-state index in [0.29, 0.717) is 35.0 Å². The summed E-state index contributed by atoms with van der Waals surface area (Å²) in [6, 6.07) is 13.8. The van der Waals surface area contributed by atoms with Crippen LogP contribution in [0.4, 0.5) is 5.69 Å². The van der Waals surface area contributed by atoms with E-state index < -0.39 is 11.6 Å². The number of anilines is 1. The molecule has 1 atom stereocenters. The standard InChI is InChI=1S/C26H34N6O4/c1-7-11-20(25(34)27-26(2,3)4)32(19-12-9-8-10-13-19)23(33)17-31-29-24(28-30-31)18-14-15-21(35-5)22(16-18)36-6/h8-10,12-16,20H,7,11,17H2,1-6H3,(H,27,34). The van der Waals surface area contributed by atoms with Gasteiger partial charge in [-0.1, -0.05) is 31.5 Å². The molecule has 0 saturated heterocycles. The van der Waals surface area contributed by atoms with E-state index in [1.54, 1.807) is 32.4 Å². The third-order valence-corrected chi connectivity index (χ3v) is 5.35. The summed E-state index contributed by atoms with van der Waals surface area (Å²) in [6.45, 7) is 7.55. The summed E-state index contributed by atoms with van der Waals surface area (Å²) >= 11 is 0. The van der Waals surface area contributed by atoms with Gasteiger partial charge in [0, 0.05) is 16.8 Å². The maximum atomic E-state index is 13.6. The molecule has 0 spiro atoms. The molecule has 1 heterocycles. The molecule has 2 amide bonds. The normalized spacial score (nSPS) is 12.1. The number of hydrogen-bond acceptors (Lipinski definition) is 7. The lowest BCUT2D eigenvalue weighted by molar-refractivity contribution is -0.128. The molecule has 10 nitrogen and oxygen atoms in total. The largest absolute Gasteiger partial charge is 0.493 e. The van der Waals surface area contributed by atoms with Gasteiger partial charge in [-0.25, -0.2) is 0 Å². The molecule has 0 aliphatic rings. The Labute approximate surface area is 211 Å². The molecule has 1 unspecified atom stereocenters. The van der Waals surface area contributed by atoms with Gasteiger partial charge in [0.2, 0.25) is 11.7 Å². The van der Waals surface area contributed by atoms with Crippen LogP contribution in [0.1, 0.15) is 40.5 Å². The number of amides is 2. The van der Waals surface area contributed by atoms with E-state index in [0.717, 1.165) is 6.42 Å². The topological polar surface area (TPSA) is 111 Å². The molecular weight excluding hydrogens is 460 g/mol. The number of para-hydroxylation sites is 1. The third kappa shape index (κ3) is 6.59. The summed E-state index contributed by atoms with van der Waals surface area (Å²) in [6.07, 6.45) is 1.23. The Balaban J connectivity index is 1.89. The molecule has 1 N–H and O–H groups in total. The summed E-state index contributed by atoms with van der Waals surface area (Å²) in [5, 5.41) is 15.6. The summed E-state index contributed by atoms with van der Waals surface area (Å²) in [4.78, 5) is 29.6. The van der Waals surface area contributed by atoms with E-state index in [2.05, 4.69) is 20.7 Å². The van der Waals surface area contributed by atoms with Crippen molar-refractivity contribution in [2.24, 2.45) is 0 Å². The second-order valence-electron chi connectivity index (χ2n) is 9.36. The number of carbonyl (C=O) groups is 2. The molecule has 1 aromatic heterocycles. The highest BCUT2D eigenvalue weighted by Crippen LogP contribution is 2.30. The van der Waals surface area contributed by atoms with Gasteiger partial charge in [-0.15, -0.1) is 10.2 Å². The first-order valence-corrected chi connectivity index (χ1v) is 11.9. The van der Waals surface area contributed by atoms with E-state index >= 15 is 0 Å². The van der Waals surface area contributed by atoms with Gasteiger partial charge in [-0.05, 0) is 62.7 Å². The fraction of sp³-hybridized carbons (Fsp3) is 0.423. The summed E-state index contributed by atoms with van der Waals surface area (Å²) in [5.41, 5.74) is 0.862. The molecule has 192 valence electrons. The van der Waals surface area contributed by atoms with Crippen molar-refractivity contribution in [2.75, 3.05) is 19.1 Å². The third-order valence-electron chi connectivity index (χ3n) is 5.35. The first-order chi connectivity index (χ1) is 17.2. The Morgan fingerprint density at radius 3 is 2.36 bits per heavy atom. The predicted octanol–water partition coefficient (Wildman–Crippen LogP) is 3.47. The Hall–Kier alpha value is -3.95. The molecule has 3 rings (SSSR count). The molecule has 3 aromatic rings. The average molecular weight is 495 g/mol. The first-order valence-electron chi connectivity index (χ1n) is 11.9. The number of nitrogens with zero attached hydrogens (tertiary/aromatic N) is 5. The van der Waals surface area contributed by atoms with Crippen molar-refractivity contribution in [3.63, 3.8) is 0 Å². The summed E-state index contributed by atoms with van der Waals surface area (Å²) in [5.74, 6) is 0.924. The highest BCUT2D eigenvalue weighted by atomic mass is 16.5. The highest BCUT2D eigenvalue weighted by Gasteiger charge is 2.32. The van der Waals surface area contributed by atoms with Gasteiger partial charge in [0.1, 0.15) is 12.6 Å². The fourth-order valence-electron chi connectivity index (χ4n) is 3.79. The molecule has 0 radical (unpaired) electrons. The van der Waals surface area contributed by atoms with Gasteiger partial charge in [-0.3, -0.25) is 14.5 Å². The lowest BCUT2D eigenvalue weighted by Crippen LogP contribution is -2.54. The van der Waals surface area contributed by atoms with Crippen molar-refractivity contribution >= 4 is 17.5 Å². The van der Waals surface area contributed by atoms with E-state index in [1.165, 1.54) is 9.70 Å². The zero-order valence-electron chi connectivity index (χ0n) is 21.7. The molecule has 0 aliphatic heterocycles. The smallest absolute Gasteiger partial charge is 0.251 e. The number of methoxy groups -OCH3 is 2. The van der Waals surface area contributed by atoms with Crippen LogP contribution in [-0.4, -0.2) is 57.8 Å². The number of tetrazole rings is 1. The minimum Gasteiger partial charge on any atom is -0.493 e. The van der Waals surface area contributed by atoms with Crippen molar-refractivity contribution in [3.8, 4) is 22.9 Å². The molecule has 10 heteroatoms. The van der Waals surface area contributed by atoms with Gasteiger partial charge in [0.25, 0.3) is 5.91 Å². The molecular formula is C26H34N6O4. The van der Waals surface area contributed by atoms with Gasteiger partial charge < -0.3 is 14.8 Å². The number of hydrogen-bond donors (Lipinski definition) is 1. The monoisotopic (exact) mass is 494 g/mol. The number of benzene rings is 2. The maximum Gasteiger partial charge on any atom is 0.251 e. The van der Waals surface area contributed by atoms with Crippen molar-refractivity contribution in [2.45, 2.75) is 58.7 Å². The first kappa shape index (κ1) is 26.7. The lowest BCUT2D eigenvalue weighted by atomic mass is 10.0. The molecule has 36 heavy (non-hydrogen) atoms. The van der Waals surface area contributed by atoms with Gasteiger partial charge in [-0.2, -0.15) is 4.80 Å². The van der Waals surface area contributed by atoms with Gasteiger partial charge in [0.15, 0.2) is 11.5 Å². The average Bonchev–Trinajstić information content (AvgIpc) is 3.31. The Bertz CT molecular complexity index is 1170. The Kier molecular flexibility index (Phi) is 8.63. The number of ether oxygens (including phenoxy) is 2. The zero-order chi connectivity index (χ0) is 26.3. The van der Waals surface area contributed by atoms with E-state index in [-0.39, 0.29) is 18.4 Å². The van der Waals surface area contributed by atoms with E-state index in [4.69, 9.17) is 9.47 Å². The molecule has 0 bridgehead atoms. The number of rotatable bonds is 10. The zero-order valence-corrected chi connectivity index (χ0v) is 21.7. The molecule has 0 aliphatic carbocycles. The summed E-state index contributed by atoms with van der Waals surface area (Å²) < 4.78 is 10.6. The van der Waals surface area contributed by atoms with Crippen molar-refractivity contribution in [1.29, 1.82) is 0 Å². The number of aromatic nitrogens is 4. The lowest BCUT2D eigenvalue weighted by Gasteiger charge is -2.33. The van der Waals surface area contributed by atoms with Gasteiger partial charge >= 0.3 is 0 Å². The number of carbonyl (C=O) groups excluding carboxylic acids is 2. The fourth-order valence-corrected chi connectivity index (χ4v) is 3.79. The van der Waals surface area contributed by atoms with Crippen LogP contribution < -0.4 is 19.7 Å². The van der Waals surface area contributed by atoms with Crippen LogP contribution in [0.3, 0.4) is 0 Å². The predicted molar refractivity (Wildman–Crippen MR) is 137 cm³/mol. The SMILES string of the molecule is CCCC(C(=O)NC(C)(C)C)N(C(=O)Cn1nnc(-c2ccc(OC)c(OC)c2)n1)c1ccccc1. The Morgan fingerprint density at radius 1 is 1.06 bits per heavy atom. The van der Waals surface area contributed by atoms with Crippen LogP contribution in [0.25, 0.3) is 11.4 Å². The van der Waals surface area contributed by atoms with Crippen LogP contribution in [-0.2, 0) is 16.1 Å². The van der Waals surface area contributed by atoms with E-state index in [9.17, 15) is 9.59 Å². The van der Waals surface area contributed by atoms with Crippen LogP contribution in [0.15, 0.2) is 48.5 Å². The highest BCUT2D eigenvalue weighted by molar-refractivity contribution is 6.00.